The molecular weight excluding hydrogens is 287 g/mol. The molecule has 0 aliphatic carbocycles. The Morgan fingerprint density at radius 3 is 1.00 bits per heavy atom. The summed E-state index contributed by atoms with van der Waals surface area (Å²) in [6.07, 6.45) is 0. The quantitative estimate of drug-likeness (QED) is 0.482. The summed E-state index contributed by atoms with van der Waals surface area (Å²) in [7, 11) is -4.34. The van der Waals surface area contributed by atoms with Gasteiger partial charge in [0.2, 0.25) is 0 Å². The summed E-state index contributed by atoms with van der Waals surface area (Å²) < 4.78 is -0.120. The Kier molecular flexibility index (Phi) is 5.09. The van der Waals surface area contributed by atoms with Crippen molar-refractivity contribution in [3.8, 4) is 0 Å². The van der Waals surface area contributed by atoms with Crippen LogP contribution in [0.3, 0.4) is 0 Å². The smallest absolute Gasteiger partial charge is 0.0936 e. The van der Waals surface area contributed by atoms with Gasteiger partial charge < -0.3 is 0 Å². The maximum absolute atomic E-state index is 6.55. The number of hydrogen-bond acceptors (Lipinski definition) is 0. The van der Waals surface area contributed by atoms with Crippen molar-refractivity contribution in [3.05, 3.63) is 0 Å². The molecule has 0 amide bonds. The van der Waals surface area contributed by atoms with Crippen molar-refractivity contribution in [2.45, 2.75) is 69.6 Å². The average molecular weight is 316 g/mol. The first kappa shape index (κ1) is 17.2. The summed E-state index contributed by atoms with van der Waals surface area (Å²) in [5.74, 6) is 0. The third-order valence-electron chi connectivity index (χ3n) is 3.88. The molecule has 98 valence electrons. The molecule has 0 heterocycles. The summed E-state index contributed by atoms with van der Waals surface area (Å²) in [6, 6.07) is 0. The number of alkyl halides is 2. The maximum Gasteiger partial charge on any atom is 0.0936 e. The lowest BCUT2D eigenvalue weighted by Crippen LogP contribution is -2.79. The molecular formula is C11H28Cl2Si3. The van der Waals surface area contributed by atoms with Crippen LogP contribution in [0.15, 0.2) is 0 Å². The lowest BCUT2D eigenvalue weighted by atomic mass is 10.3. The molecule has 0 fully saturated rings. The molecule has 0 radical (unpaired) electrons. The molecule has 0 spiro atoms. The molecule has 0 N–H and O–H groups in total. The van der Waals surface area contributed by atoms with Gasteiger partial charge in [0.05, 0.1) is 11.6 Å². The van der Waals surface area contributed by atoms with Gasteiger partial charge in [-0.2, -0.15) is 0 Å². The fourth-order valence-electron chi connectivity index (χ4n) is 4.36. The van der Waals surface area contributed by atoms with E-state index in [1.54, 1.807) is 0 Å². The molecule has 0 aromatic carbocycles. The van der Waals surface area contributed by atoms with E-state index in [9.17, 15) is 0 Å². The summed E-state index contributed by atoms with van der Waals surface area (Å²) in [4.78, 5) is 0. The normalized spacial score (nSPS) is 15.8. The fourth-order valence-corrected chi connectivity index (χ4v) is 71.2. The molecule has 5 heteroatoms. The minimum Gasteiger partial charge on any atom is -0.110 e. The second-order valence-corrected chi connectivity index (χ2v) is 37.6. The van der Waals surface area contributed by atoms with Gasteiger partial charge in [0.1, 0.15) is 0 Å². The highest BCUT2D eigenvalue weighted by atomic mass is 35.5. The van der Waals surface area contributed by atoms with Crippen molar-refractivity contribution >= 4 is 45.5 Å². The standard InChI is InChI=1S/C11H28Cl2Si3/c1-11(2,3)16(10(12)13,14(4,5)6)15(7,8)9/h10H,1-9H3. The molecule has 0 atom stereocenters. The van der Waals surface area contributed by atoms with E-state index in [-0.39, 0.29) is 4.46 Å². The maximum atomic E-state index is 6.55. The lowest BCUT2D eigenvalue weighted by molar-refractivity contribution is 0.736. The predicted molar refractivity (Wildman–Crippen MR) is 87.7 cm³/mol. The van der Waals surface area contributed by atoms with Gasteiger partial charge in [0.15, 0.2) is 0 Å². The van der Waals surface area contributed by atoms with Gasteiger partial charge in [-0.15, -0.1) is 23.2 Å². The van der Waals surface area contributed by atoms with E-state index in [2.05, 4.69) is 60.1 Å². The second-order valence-electron chi connectivity index (χ2n) is 7.86. The van der Waals surface area contributed by atoms with Crippen molar-refractivity contribution in [1.29, 1.82) is 0 Å². The molecule has 0 aromatic heterocycles. The van der Waals surface area contributed by atoms with Crippen molar-refractivity contribution in [2.75, 3.05) is 0 Å². The minimum atomic E-state index is -1.67. The van der Waals surface area contributed by atoms with Gasteiger partial charge in [-0.05, 0) is 5.04 Å². The van der Waals surface area contributed by atoms with Gasteiger partial charge >= 0.3 is 0 Å². The number of rotatable bonds is 3. The van der Waals surface area contributed by atoms with Crippen molar-refractivity contribution in [1.82, 2.24) is 0 Å². The van der Waals surface area contributed by atoms with E-state index in [1.165, 1.54) is 0 Å². The highest BCUT2D eigenvalue weighted by molar-refractivity contribution is 7.71. The largest absolute Gasteiger partial charge is 0.110 e. The van der Waals surface area contributed by atoms with Crippen molar-refractivity contribution in [3.63, 3.8) is 0 Å². The molecule has 0 aliphatic rings. The van der Waals surface area contributed by atoms with Gasteiger partial charge in [0.25, 0.3) is 0 Å². The SMILES string of the molecule is CC(C)(C)[Si](C(Cl)Cl)([Si](C)(C)C)[Si](C)(C)C. The van der Waals surface area contributed by atoms with Crippen LogP contribution >= 0.6 is 23.2 Å². The predicted octanol–water partition coefficient (Wildman–Crippen LogP) is 5.41. The van der Waals surface area contributed by atoms with Crippen LogP contribution in [0.25, 0.3) is 0 Å². The van der Waals surface area contributed by atoms with Crippen LogP contribution in [-0.4, -0.2) is 26.8 Å². The van der Waals surface area contributed by atoms with E-state index in [0.29, 0.717) is 5.04 Å². The zero-order valence-electron chi connectivity index (χ0n) is 12.3. The zero-order chi connectivity index (χ0) is 13.6. The van der Waals surface area contributed by atoms with Crippen LogP contribution in [0.1, 0.15) is 20.8 Å². The molecule has 0 aromatic rings. The van der Waals surface area contributed by atoms with E-state index in [4.69, 9.17) is 23.2 Å². The highest BCUT2D eigenvalue weighted by Crippen LogP contribution is 2.51. The van der Waals surface area contributed by atoms with Crippen LogP contribution in [0.2, 0.25) is 44.3 Å². The average Bonchev–Trinajstić information content (AvgIpc) is 1.71. The van der Waals surface area contributed by atoms with Crippen LogP contribution in [0, 0.1) is 0 Å². The van der Waals surface area contributed by atoms with E-state index >= 15 is 0 Å². The monoisotopic (exact) mass is 314 g/mol. The van der Waals surface area contributed by atoms with E-state index in [0.717, 1.165) is 0 Å². The van der Waals surface area contributed by atoms with Crippen LogP contribution in [0.5, 0.6) is 0 Å². The zero-order valence-corrected chi connectivity index (χ0v) is 16.8. The van der Waals surface area contributed by atoms with Crippen molar-refractivity contribution < 1.29 is 0 Å². The molecule has 0 saturated carbocycles. The van der Waals surface area contributed by atoms with Gasteiger partial charge in [0, 0.05) is 15.2 Å². The third kappa shape index (κ3) is 2.63. The molecule has 0 aliphatic heterocycles. The first-order valence-corrected chi connectivity index (χ1v) is 17.9. The molecule has 16 heavy (non-hydrogen) atoms. The summed E-state index contributed by atoms with van der Waals surface area (Å²) in [5, 5.41) is 0.302. The Bertz CT molecular complexity index is 207. The van der Waals surface area contributed by atoms with E-state index in [1.807, 2.05) is 0 Å². The Balaban J connectivity index is 6.05. The van der Waals surface area contributed by atoms with Crippen LogP contribution in [0.4, 0.5) is 0 Å². The Hall–Kier alpha value is 1.23. The Morgan fingerprint density at radius 2 is 1.00 bits per heavy atom. The second kappa shape index (κ2) is 4.72. The molecule has 0 nitrogen and oxygen atoms in total. The molecule has 0 unspecified atom stereocenters. The number of hydrogen-bond donors (Lipinski definition) is 0. The third-order valence-corrected chi connectivity index (χ3v) is 49.7. The summed E-state index contributed by atoms with van der Waals surface area (Å²) in [5.41, 5.74) is 0. The van der Waals surface area contributed by atoms with Gasteiger partial charge in [-0.3, -0.25) is 0 Å². The highest BCUT2D eigenvalue weighted by Gasteiger charge is 2.64. The molecule has 0 bridgehead atoms. The van der Waals surface area contributed by atoms with E-state index < -0.39 is 22.3 Å². The van der Waals surface area contributed by atoms with Gasteiger partial charge in [-0.25, -0.2) is 0 Å². The topological polar surface area (TPSA) is 0 Å². The van der Waals surface area contributed by atoms with Crippen molar-refractivity contribution in [2.24, 2.45) is 0 Å². The number of halogens is 2. The summed E-state index contributed by atoms with van der Waals surface area (Å²) >= 11 is 13.1. The minimum absolute atomic E-state index is 0.120. The first-order valence-electron chi connectivity index (χ1n) is 5.98. The Labute approximate surface area is 115 Å². The first-order chi connectivity index (χ1) is 6.69. The van der Waals surface area contributed by atoms with Crippen LogP contribution in [-0.2, 0) is 0 Å². The Morgan fingerprint density at radius 1 is 0.750 bits per heavy atom. The van der Waals surface area contributed by atoms with Gasteiger partial charge in [-0.1, -0.05) is 60.1 Å². The van der Waals surface area contributed by atoms with Crippen LogP contribution < -0.4 is 0 Å². The fraction of sp³-hybridized carbons (Fsp3) is 1.00. The summed E-state index contributed by atoms with van der Waals surface area (Å²) in [6.45, 7) is 21.9. The molecule has 0 saturated heterocycles. The molecule has 0 rings (SSSR count). The lowest BCUT2D eigenvalue weighted by Gasteiger charge is -2.58.